The number of methoxy groups -OCH3 is 3. The second kappa shape index (κ2) is 7.01. The molecule has 0 radical (unpaired) electrons. The number of aromatic hydroxyl groups is 1. The molecule has 1 unspecified atom stereocenters. The van der Waals surface area contributed by atoms with Crippen LogP contribution in [0.5, 0.6) is 23.0 Å². The molecule has 0 amide bonds. The van der Waals surface area contributed by atoms with Crippen molar-refractivity contribution in [2.75, 3.05) is 27.9 Å². The van der Waals surface area contributed by atoms with E-state index in [4.69, 9.17) is 14.2 Å². The van der Waals surface area contributed by atoms with E-state index in [-0.39, 0.29) is 11.8 Å². The van der Waals surface area contributed by atoms with Crippen molar-refractivity contribution in [2.45, 2.75) is 18.9 Å². The fraction of sp³-hybridized carbons (Fsp3) is 0.368. The molecule has 2 aromatic carbocycles. The van der Waals surface area contributed by atoms with Gasteiger partial charge < -0.3 is 24.6 Å². The molecule has 3 rings (SSSR count). The van der Waals surface area contributed by atoms with Crippen molar-refractivity contribution in [3.63, 3.8) is 0 Å². The number of benzene rings is 2. The summed E-state index contributed by atoms with van der Waals surface area (Å²) in [6.07, 6.45) is 1.59. The molecule has 0 aromatic heterocycles. The van der Waals surface area contributed by atoms with Crippen LogP contribution in [0.3, 0.4) is 0 Å². The summed E-state index contributed by atoms with van der Waals surface area (Å²) in [5, 5.41) is 14.1. The summed E-state index contributed by atoms with van der Waals surface area (Å²) in [6.45, 7) is 0.816. The van der Waals surface area contributed by atoms with Crippen molar-refractivity contribution < 1.29 is 19.3 Å². The van der Waals surface area contributed by atoms with Gasteiger partial charge in [-0.15, -0.1) is 0 Å². The number of hydrogen-bond acceptors (Lipinski definition) is 5. The van der Waals surface area contributed by atoms with Gasteiger partial charge in [0.2, 0.25) is 5.75 Å². The fourth-order valence-corrected chi connectivity index (χ4v) is 3.27. The minimum atomic E-state index is 0.118. The van der Waals surface area contributed by atoms with E-state index >= 15 is 0 Å². The molecule has 0 fully saturated rings. The Morgan fingerprint density at radius 3 is 2.46 bits per heavy atom. The van der Waals surface area contributed by atoms with Crippen LogP contribution in [-0.2, 0) is 12.8 Å². The van der Waals surface area contributed by atoms with Gasteiger partial charge >= 0.3 is 0 Å². The van der Waals surface area contributed by atoms with E-state index in [1.807, 2.05) is 18.2 Å². The second-order valence-corrected chi connectivity index (χ2v) is 5.84. The van der Waals surface area contributed by atoms with E-state index in [9.17, 15) is 5.11 Å². The Morgan fingerprint density at radius 1 is 1.08 bits per heavy atom. The highest BCUT2D eigenvalue weighted by molar-refractivity contribution is 5.60. The van der Waals surface area contributed by atoms with Crippen molar-refractivity contribution >= 4 is 0 Å². The zero-order valence-electron chi connectivity index (χ0n) is 14.3. The summed E-state index contributed by atoms with van der Waals surface area (Å²) in [5.74, 6) is 1.99. The number of ether oxygens (including phenoxy) is 3. The molecule has 5 heteroatoms. The van der Waals surface area contributed by atoms with Crippen LogP contribution in [-0.4, -0.2) is 33.0 Å². The monoisotopic (exact) mass is 329 g/mol. The van der Waals surface area contributed by atoms with Crippen LogP contribution < -0.4 is 19.5 Å². The minimum absolute atomic E-state index is 0.118. The second-order valence-electron chi connectivity index (χ2n) is 5.84. The molecule has 0 saturated carbocycles. The summed E-state index contributed by atoms with van der Waals surface area (Å²) in [5.41, 5.74) is 3.20. The van der Waals surface area contributed by atoms with Crippen molar-refractivity contribution in [1.29, 1.82) is 0 Å². The summed E-state index contributed by atoms with van der Waals surface area (Å²) < 4.78 is 15.9. The van der Waals surface area contributed by atoms with Crippen molar-refractivity contribution in [2.24, 2.45) is 0 Å². The lowest BCUT2D eigenvalue weighted by Crippen LogP contribution is -2.31. The molecule has 1 aliphatic rings. The highest BCUT2D eigenvalue weighted by Crippen LogP contribution is 2.44. The van der Waals surface area contributed by atoms with Crippen LogP contribution >= 0.6 is 0 Å². The van der Waals surface area contributed by atoms with Crippen molar-refractivity contribution in [3.05, 3.63) is 47.0 Å². The standard InChI is InChI=1S/C19H23NO4/c1-22-13-6-4-12(5-7-13)10-16-15-11-17(23-2)19(24-3)18(21)14(15)8-9-20-16/h4-7,11,16,20-21H,8-10H2,1-3H3. The highest BCUT2D eigenvalue weighted by Gasteiger charge is 2.27. The van der Waals surface area contributed by atoms with E-state index in [0.717, 1.165) is 36.3 Å². The molecule has 5 nitrogen and oxygen atoms in total. The molecular weight excluding hydrogens is 306 g/mol. The number of phenols is 1. The average Bonchev–Trinajstić information content (AvgIpc) is 2.62. The molecule has 1 heterocycles. The number of nitrogens with one attached hydrogen (secondary N) is 1. The van der Waals surface area contributed by atoms with Gasteiger partial charge in [0.25, 0.3) is 0 Å². The lowest BCUT2D eigenvalue weighted by molar-refractivity contribution is 0.327. The first-order chi connectivity index (χ1) is 11.7. The Morgan fingerprint density at radius 2 is 1.83 bits per heavy atom. The largest absolute Gasteiger partial charge is 0.504 e. The maximum Gasteiger partial charge on any atom is 0.203 e. The van der Waals surface area contributed by atoms with Gasteiger partial charge in [0.15, 0.2) is 11.5 Å². The van der Waals surface area contributed by atoms with Crippen LogP contribution in [0.15, 0.2) is 30.3 Å². The maximum absolute atomic E-state index is 10.5. The molecule has 2 aromatic rings. The predicted molar refractivity (Wildman–Crippen MR) is 92.4 cm³/mol. The van der Waals surface area contributed by atoms with E-state index in [1.165, 1.54) is 5.56 Å². The average molecular weight is 329 g/mol. The smallest absolute Gasteiger partial charge is 0.203 e. The molecule has 1 aliphatic heterocycles. The highest BCUT2D eigenvalue weighted by atomic mass is 16.5. The Balaban J connectivity index is 1.94. The van der Waals surface area contributed by atoms with Gasteiger partial charge in [-0.05, 0) is 48.7 Å². The predicted octanol–water partition coefficient (Wildman–Crippen LogP) is 2.85. The van der Waals surface area contributed by atoms with Gasteiger partial charge in [0, 0.05) is 11.6 Å². The summed E-state index contributed by atoms with van der Waals surface area (Å²) in [7, 11) is 4.79. The Hall–Kier alpha value is -2.40. The Bertz CT molecular complexity index is 712. The van der Waals surface area contributed by atoms with Crippen LogP contribution in [0.2, 0.25) is 0 Å². The van der Waals surface area contributed by atoms with Crippen molar-refractivity contribution in [3.8, 4) is 23.0 Å². The Labute approximate surface area is 142 Å². The number of phenolic OH excluding ortho intramolecular Hbond substituents is 1. The molecule has 0 saturated heterocycles. The molecule has 0 aliphatic carbocycles. The van der Waals surface area contributed by atoms with E-state index in [1.54, 1.807) is 21.3 Å². The molecule has 0 spiro atoms. The molecule has 1 atom stereocenters. The van der Waals surface area contributed by atoms with Crippen LogP contribution in [0.1, 0.15) is 22.7 Å². The maximum atomic E-state index is 10.5. The molecule has 128 valence electrons. The molecular formula is C19H23NO4. The van der Waals surface area contributed by atoms with Gasteiger partial charge in [-0.2, -0.15) is 0 Å². The fourth-order valence-electron chi connectivity index (χ4n) is 3.27. The van der Waals surface area contributed by atoms with Gasteiger partial charge in [-0.3, -0.25) is 0 Å². The van der Waals surface area contributed by atoms with E-state index in [0.29, 0.717) is 11.5 Å². The SMILES string of the molecule is COc1ccc(CC2NCCc3c2cc(OC)c(OC)c3O)cc1. The third-order valence-electron chi connectivity index (χ3n) is 4.52. The summed E-state index contributed by atoms with van der Waals surface area (Å²) >= 11 is 0. The van der Waals surface area contributed by atoms with E-state index in [2.05, 4.69) is 17.4 Å². The molecule has 2 N–H and O–H groups in total. The summed E-state index contributed by atoms with van der Waals surface area (Å²) in [6, 6.07) is 10.1. The summed E-state index contributed by atoms with van der Waals surface area (Å²) in [4.78, 5) is 0. The quantitative estimate of drug-likeness (QED) is 0.883. The lowest BCUT2D eigenvalue weighted by Gasteiger charge is -2.29. The first kappa shape index (κ1) is 16.5. The minimum Gasteiger partial charge on any atom is -0.504 e. The lowest BCUT2D eigenvalue weighted by atomic mass is 9.89. The topological polar surface area (TPSA) is 60.0 Å². The first-order valence-electron chi connectivity index (χ1n) is 8.01. The van der Waals surface area contributed by atoms with Gasteiger partial charge in [0.05, 0.1) is 21.3 Å². The van der Waals surface area contributed by atoms with Crippen LogP contribution in [0.25, 0.3) is 0 Å². The van der Waals surface area contributed by atoms with Crippen molar-refractivity contribution in [1.82, 2.24) is 5.32 Å². The number of hydrogen-bond donors (Lipinski definition) is 2. The normalized spacial score (nSPS) is 16.4. The third-order valence-corrected chi connectivity index (χ3v) is 4.52. The van der Waals surface area contributed by atoms with Crippen LogP contribution in [0.4, 0.5) is 0 Å². The molecule has 24 heavy (non-hydrogen) atoms. The Kier molecular flexibility index (Phi) is 4.81. The number of fused-ring (bicyclic) bond motifs is 1. The zero-order chi connectivity index (χ0) is 17.1. The molecule has 0 bridgehead atoms. The zero-order valence-corrected chi connectivity index (χ0v) is 14.3. The van der Waals surface area contributed by atoms with Gasteiger partial charge in [-0.25, -0.2) is 0 Å². The van der Waals surface area contributed by atoms with Gasteiger partial charge in [0.1, 0.15) is 5.75 Å². The van der Waals surface area contributed by atoms with Gasteiger partial charge in [-0.1, -0.05) is 12.1 Å². The third kappa shape index (κ3) is 2.99. The van der Waals surface area contributed by atoms with Crippen LogP contribution in [0, 0.1) is 0 Å². The van der Waals surface area contributed by atoms with E-state index < -0.39 is 0 Å². The first-order valence-corrected chi connectivity index (χ1v) is 8.01. The number of rotatable bonds is 5.